The van der Waals surface area contributed by atoms with Crippen molar-refractivity contribution in [2.75, 3.05) is 26.7 Å². The highest BCUT2D eigenvalue weighted by Gasteiger charge is 2.22. The smallest absolute Gasteiger partial charge is 0.168 e. The van der Waals surface area contributed by atoms with Crippen LogP contribution in [0.3, 0.4) is 0 Å². The van der Waals surface area contributed by atoms with Gasteiger partial charge in [-0.2, -0.15) is 22.7 Å². The molecule has 158 valence electrons. The first-order valence-electron chi connectivity index (χ1n) is 10.0. The Morgan fingerprint density at radius 3 is 2.23 bits per heavy atom. The molecular weight excluding hydrogens is 434 g/mol. The third kappa shape index (κ3) is 5.41. The average molecular weight is 460 g/mol. The first kappa shape index (κ1) is 22.8. The van der Waals surface area contributed by atoms with Crippen molar-refractivity contribution in [1.82, 2.24) is 0 Å². The molecule has 1 N–H and O–H groups in total. The van der Waals surface area contributed by atoms with Gasteiger partial charge in [0.2, 0.25) is 0 Å². The molecule has 0 saturated carbocycles. The molecule has 0 amide bonds. The van der Waals surface area contributed by atoms with E-state index < -0.39 is 0 Å². The Kier molecular flexibility index (Phi) is 8.28. The second kappa shape index (κ2) is 10.9. The van der Waals surface area contributed by atoms with Crippen molar-refractivity contribution in [3.63, 3.8) is 0 Å². The highest BCUT2D eigenvalue weighted by molar-refractivity contribution is 7.08. The fourth-order valence-electron chi connectivity index (χ4n) is 4.02. The zero-order valence-electron chi connectivity index (χ0n) is 17.0. The molecule has 6 heteroatoms. The number of nitrogens with one attached hydrogen (secondary N) is 1. The Morgan fingerprint density at radius 2 is 1.67 bits per heavy atom. The Labute approximate surface area is 192 Å². The van der Waals surface area contributed by atoms with Crippen LogP contribution in [0.25, 0.3) is 5.57 Å². The van der Waals surface area contributed by atoms with Crippen molar-refractivity contribution in [3.05, 3.63) is 80.2 Å². The maximum atomic E-state index is 12.6. The molecule has 0 atom stereocenters. The summed E-state index contributed by atoms with van der Waals surface area (Å²) >= 11 is 3.52. The van der Waals surface area contributed by atoms with E-state index in [4.69, 9.17) is 4.74 Å². The van der Waals surface area contributed by atoms with Gasteiger partial charge in [-0.3, -0.25) is 4.79 Å². The summed E-state index contributed by atoms with van der Waals surface area (Å²) in [5.74, 6) is 0.945. The van der Waals surface area contributed by atoms with E-state index in [0.29, 0.717) is 6.42 Å². The normalized spacial score (nSPS) is 16.0. The molecule has 0 bridgehead atoms. The first-order valence-corrected chi connectivity index (χ1v) is 11.9. The Bertz CT molecular complexity index is 934. The zero-order chi connectivity index (χ0) is 20.1. The topological polar surface area (TPSA) is 30.7 Å². The molecule has 4 rings (SSSR count). The quantitative estimate of drug-likeness (QED) is 0.544. The minimum atomic E-state index is 0. The van der Waals surface area contributed by atoms with Gasteiger partial charge in [0.25, 0.3) is 0 Å². The number of likely N-dealkylation sites (tertiary alicyclic amines) is 1. The lowest BCUT2D eigenvalue weighted by Crippen LogP contribution is -3.13. The van der Waals surface area contributed by atoms with Gasteiger partial charge < -0.3 is 22.0 Å². The summed E-state index contributed by atoms with van der Waals surface area (Å²) in [6.07, 6.45) is 2.79. The number of hydrogen-bond donors (Lipinski definition) is 1. The number of methoxy groups -OCH3 is 1. The highest BCUT2D eigenvalue weighted by Crippen LogP contribution is 2.32. The van der Waals surface area contributed by atoms with Crippen LogP contribution in [-0.2, 0) is 0 Å². The van der Waals surface area contributed by atoms with Gasteiger partial charge in [0.15, 0.2) is 5.78 Å². The Morgan fingerprint density at radius 1 is 1.00 bits per heavy atom. The summed E-state index contributed by atoms with van der Waals surface area (Å²) in [4.78, 5) is 14.1. The van der Waals surface area contributed by atoms with Crippen LogP contribution in [0.2, 0.25) is 0 Å². The number of quaternary nitrogens is 1. The Hall–Kier alpha value is -1.92. The van der Waals surface area contributed by atoms with E-state index in [1.54, 1.807) is 35.4 Å². The predicted molar refractivity (Wildman–Crippen MR) is 121 cm³/mol. The van der Waals surface area contributed by atoms with Crippen LogP contribution < -0.4 is 22.0 Å². The number of halogens is 1. The van der Waals surface area contributed by atoms with E-state index in [1.165, 1.54) is 21.6 Å². The van der Waals surface area contributed by atoms with Crippen LogP contribution in [0.1, 0.15) is 40.7 Å². The van der Waals surface area contributed by atoms with E-state index in [9.17, 15) is 4.79 Å². The van der Waals surface area contributed by atoms with E-state index in [0.717, 1.165) is 43.8 Å². The molecule has 1 aliphatic rings. The molecule has 0 radical (unpaired) electrons. The number of carbonyl (C=O) groups excluding carboxylic acids is 1. The largest absolute Gasteiger partial charge is 1.00 e. The van der Waals surface area contributed by atoms with Gasteiger partial charge in [0.05, 0.1) is 33.2 Å². The van der Waals surface area contributed by atoms with E-state index in [1.807, 2.05) is 24.3 Å². The molecule has 1 aliphatic heterocycles. The van der Waals surface area contributed by atoms with Gasteiger partial charge >= 0.3 is 0 Å². The number of ketones is 1. The van der Waals surface area contributed by atoms with Crippen molar-refractivity contribution in [3.8, 4) is 5.75 Å². The molecule has 2 aromatic heterocycles. The molecule has 3 heterocycles. The molecular formula is C24H26ClNO2S2. The summed E-state index contributed by atoms with van der Waals surface area (Å²) in [5.41, 5.74) is 6.43. The van der Waals surface area contributed by atoms with Gasteiger partial charge in [-0.1, -0.05) is 17.7 Å². The molecule has 1 fully saturated rings. The van der Waals surface area contributed by atoms with Gasteiger partial charge in [0, 0.05) is 18.4 Å². The number of thiophene rings is 2. The minimum absolute atomic E-state index is 0. The fraction of sp³-hybridized carbons (Fsp3) is 0.292. The fourth-order valence-corrected chi connectivity index (χ4v) is 5.32. The summed E-state index contributed by atoms with van der Waals surface area (Å²) in [6.45, 7) is 3.09. The molecule has 1 saturated heterocycles. The van der Waals surface area contributed by atoms with Crippen LogP contribution in [0.5, 0.6) is 5.75 Å². The summed E-state index contributed by atoms with van der Waals surface area (Å²) in [6, 6.07) is 11.9. The Balaban J connectivity index is 0.00000256. The van der Waals surface area contributed by atoms with Crippen molar-refractivity contribution >= 4 is 34.0 Å². The van der Waals surface area contributed by atoms with Crippen molar-refractivity contribution in [1.29, 1.82) is 0 Å². The number of ether oxygens (including phenoxy) is 1. The predicted octanol–water partition coefficient (Wildman–Crippen LogP) is 1.58. The standard InChI is InChI=1S/C24H25NO2S2.ClH/c1-27-22-4-2-3-19(15-22)23(26)7-12-25-10-5-18(6-11-25)24(20-8-13-28-16-20)21-9-14-29-17-21;/h2-4,8-9,13-17H,5-7,10-12H2,1H3;1H. The van der Waals surface area contributed by atoms with Crippen LogP contribution in [0.15, 0.2) is 63.5 Å². The van der Waals surface area contributed by atoms with Crippen LogP contribution in [0.4, 0.5) is 0 Å². The van der Waals surface area contributed by atoms with Crippen LogP contribution in [0, 0.1) is 0 Å². The number of hydrogen-bond acceptors (Lipinski definition) is 4. The lowest BCUT2D eigenvalue weighted by Gasteiger charge is -2.27. The van der Waals surface area contributed by atoms with Gasteiger partial charge in [-0.15, -0.1) is 0 Å². The summed E-state index contributed by atoms with van der Waals surface area (Å²) in [5, 5.41) is 8.83. The van der Waals surface area contributed by atoms with Gasteiger partial charge in [-0.25, -0.2) is 0 Å². The SMILES string of the molecule is COc1cccc(C(=O)CC[NH+]2CCC(=C(c3ccsc3)c3ccsc3)CC2)c1.[Cl-]. The lowest BCUT2D eigenvalue weighted by molar-refractivity contribution is -0.902. The maximum Gasteiger partial charge on any atom is 0.168 e. The van der Waals surface area contributed by atoms with E-state index in [2.05, 4.69) is 33.7 Å². The van der Waals surface area contributed by atoms with E-state index >= 15 is 0 Å². The minimum Gasteiger partial charge on any atom is -1.00 e. The van der Waals surface area contributed by atoms with E-state index in [-0.39, 0.29) is 18.2 Å². The molecule has 1 aromatic carbocycles. The molecule has 0 spiro atoms. The molecule has 30 heavy (non-hydrogen) atoms. The van der Waals surface area contributed by atoms with Crippen molar-refractivity contribution in [2.24, 2.45) is 0 Å². The van der Waals surface area contributed by atoms with Gasteiger partial charge in [-0.05, 0) is 62.5 Å². The number of carbonyl (C=O) groups is 1. The zero-order valence-corrected chi connectivity index (χ0v) is 19.4. The second-order valence-electron chi connectivity index (χ2n) is 7.41. The third-order valence-electron chi connectivity index (χ3n) is 5.63. The monoisotopic (exact) mass is 459 g/mol. The van der Waals surface area contributed by atoms with Gasteiger partial charge in [0.1, 0.15) is 5.75 Å². The third-order valence-corrected chi connectivity index (χ3v) is 7.00. The van der Waals surface area contributed by atoms with Crippen LogP contribution >= 0.6 is 22.7 Å². The first-order chi connectivity index (χ1) is 14.2. The number of rotatable bonds is 7. The highest BCUT2D eigenvalue weighted by atomic mass is 35.5. The van der Waals surface area contributed by atoms with Crippen molar-refractivity contribution in [2.45, 2.75) is 19.3 Å². The van der Waals surface area contributed by atoms with Crippen LogP contribution in [-0.4, -0.2) is 32.5 Å². The number of piperidine rings is 1. The lowest BCUT2D eigenvalue weighted by atomic mass is 9.91. The number of Topliss-reactive ketones (excluding diaryl/α,β-unsaturated/α-hetero) is 1. The van der Waals surface area contributed by atoms with Crippen molar-refractivity contribution < 1.29 is 26.8 Å². The molecule has 0 unspecified atom stereocenters. The summed E-state index contributed by atoms with van der Waals surface area (Å²) < 4.78 is 5.23. The number of benzene rings is 1. The second-order valence-corrected chi connectivity index (χ2v) is 8.97. The molecule has 3 nitrogen and oxygen atoms in total. The molecule has 0 aliphatic carbocycles. The maximum absolute atomic E-state index is 12.6. The average Bonchev–Trinajstić information content (AvgIpc) is 3.48. The summed E-state index contributed by atoms with van der Waals surface area (Å²) in [7, 11) is 1.63. The molecule has 3 aromatic rings.